The van der Waals surface area contributed by atoms with Crippen LogP contribution in [-0.4, -0.2) is 41.7 Å². The molecule has 1 aliphatic heterocycles. The fourth-order valence-corrected chi connectivity index (χ4v) is 3.39. The van der Waals surface area contributed by atoms with Gasteiger partial charge in [-0.25, -0.2) is 4.98 Å². The van der Waals surface area contributed by atoms with Gasteiger partial charge in [0.2, 0.25) is 0 Å². The number of methoxy groups -OCH3 is 1. The Hall–Kier alpha value is -1.26. The summed E-state index contributed by atoms with van der Waals surface area (Å²) in [7, 11) is 3.86. The van der Waals surface area contributed by atoms with Crippen molar-refractivity contribution in [2.75, 3.05) is 27.2 Å². The fraction of sp³-hybridized carbons (Fsp3) is 0.562. The zero-order valence-corrected chi connectivity index (χ0v) is 13.6. The molecule has 4 nitrogen and oxygen atoms in total. The number of likely N-dealkylation sites (tertiary alicyclic amines) is 1. The van der Waals surface area contributed by atoms with Crippen molar-refractivity contribution in [1.29, 1.82) is 0 Å². The number of hydrogen-bond donors (Lipinski definition) is 0. The van der Waals surface area contributed by atoms with E-state index in [0.29, 0.717) is 6.04 Å². The highest BCUT2D eigenvalue weighted by Gasteiger charge is 2.25. The van der Waals surface area contributed by atoms with Gasteiger partial charge in [-0.05, 0) is 45.5 Å². The minimum Gasteiger partial charge on any atom is -0.497 e. The Morgan fingerprint density at radius 1 is 1.43 bits per heavy atom. The Labute approximate surface area is 130 Å². The van der Waals surface area contributed by atoms with E-state index < -0.39 is 0 Å². The monoisotopic (exact) mass is 307 g/mol. The first kappa shape index (κ1) is 14.7. The fourth-order valence-electron chi connectivity index (χ4n) is 3.24. The maximum Gasteiger partial charge on any atom is 0.128 e. The van der Waals surface area contributed by atoms with Gasteiger partial charge in [-0.1, -0.05) is 0 Å². The highest BCUT2D eigenvalue weighted by Crippen LogP contribution is 2.33. The summed E-state index contributed by atoms with van der Waals surface area (Å²) in [5, 5.41) is -0.101. The van der Waals surface area contributed by atoms with Crippen LogP contribution in [0.2, 0.25) is 0 Å². The molecular weight excluding hydrogens is 286 g/mol. The molecule has 2 unspecified atom stereocenters. The first-order chi connectivity index (χ1) is 10.1. The van der Waals surface area contributed by atoms with Crippen LogP contribution in [0.5, 0.6) is 5.75 Å². The summed E-state index contributed by atoms with van der Waals surface area (Å²) in [6.45, 7) is 4.21. The summed E-state index contributed by atoms with van der Waals surface area (Å²) in [4.78, 5) is 7.13. The summed E-state index contributed by atoms with van der Waals surface area (Å²) in [6, 6.07) is 6.52. The van der Waals surface area contributed by atoms with Crippen molar-refractivity contribution in [3.8, 4) is 5.75 Å². The summed E-state index contributed by atoms with van der Waals surface area (Å²) in [5.74, 6) is 1.79. The van der Waals surface area contributed by atoms with Gasteiger partial charge in [0.15, 0.2) is 0 Å². The Kier molecular flexibility index (Phi) is 4.09. The summed E-state index contributed by atoms with van der Waals surface area (Å²) >= 11 is 6.38. The summed E-state index contributed by atoms with van der Waals surface area (Å²) in [5.41, 5.74) is 2.11. The molecule has 0 saturated carbocycles. The SMILES string of the molecule is COc1ccc2c(c1)nc(C(C)Cl)n2C1CCCN(C)C1. The second-order valence-electron chi connectivity index (χ2n) is 5.87. The first-order valence-electron chi connectivity index (χ1n) is 7.48. The minimum absolute atomic E-state index is 0.101. The minimum atomic E-state index is -0.101. The third-order valence-electron chi connectivity index (χ3n) is 4.24. The van der Waals surface area contributed by atoms with Gasteiger partial charge in [0, 0.05) is 18.7 Å². The predicted molar refractivity (Wildman–Crippen MR) is 86.3 cm³/mol. The van der Waals surface area contributed by atoms with Gasteiger partial charge in [-0.2, -0.15) is 0 Å². The van der Waals surface area contributed by atoms with Crippen LogP contribution in [0.15, 0.2) is 18.2 Å². The molecule has 0 bridgehead atoms. The van der Waals surface area contributed by atoms with Crippen LogP contribution in [0, 0.1) is 0 Å². The average Bonchev–Trinajstić information content (AvgIpc) is 2.85. The van der Waals surface area contributed by atoms with Crippen LogP contribution in [0.1, 0.15) is 37.0 Å². The molecule has 2 heterocycles. The lowest BCUT2D eigenvalue weighted by Gasteiger charge is -2.32. The van der Waals surface area contributed by atoms with Crippen LogP contribution in [-0.2, 0) is 0 Å². The number of piperidine rings is 1. The molecule has 1 aromatic carbocycles. The molecule has 21 heavy (non-hydrogen) atoms. The van der Waals surface area contributed by atoms with E-state index in [-0.39, 0.29) is 5.38 Å². The Morgan fingerprint density at radius 3 is 2.90 bits per heavy atom. The molecule has 1 fully saturated rings. The molecule has 114 valence electrons. The first-order valence-corrected chi connectivity index (χ1v) is 7.92. The van der Waals surface area contributed by atoms with E-state index in [9.17, 15) is 0 Å². The molecule has 0 spiro atoms. The number of alkyl halides is 1. The van der Waals surface area contributed by atoms with Gasteiger partial charge in [0.25, 0.3) is 0 Å². The number of aromatic nitrogens is 2. The van der Waals surface area contributed by atoms with E-state index in [1.807, 2.05) is 19.1 Å². The normalized spacial score (nSPS) is 21.6. The molecule has 5 heteroatoms. The van der Waals surface area contributed by atoms with Crippen LogP contribution < -0.4 is 4.74 Å². The number of benzene rings is 1. The standard InChI is InChI=1S/C16H22ClN3O/c1-11(17)16-18-14-9-13(21-3)6-7-15(14)20(16)12-5-4-8-19(2)10-12/h6-7,9,11-12H,4-5,8,10H2,1-3H3. The second-order valence-corrected chi connectivity index (χ2v) is 6.52. The number of ether oxygens (including phenoxy) is 1. The number of likely N-dealkylation sites (N-methyl/N-ethyl adjacent to an activating group) is 1. The molecule has 1 aromatic heterocycles. The third-order valence-corrected chi connectivity index (χ3v) is 4.44. The molecule has 0 N–H and O–H groups in total. The number of halogens is 1. The maximum absolute atomic E-state index is 6.38. The molecule has 2 atom stereocenters. The van der Waals surface area contributed by atoms with Gasteiger partial charge in [-0.3, -0.25) is 0 Å². The largest absolute Gasteiger partial charge is 0.497 e. The van der Waals surface area contributed by atoms with E-state index in [4.69, 9.17) is 21.3 Å². The molecule has 2 aromatic rings. The zero-order valence-electron chi connectivity index (χ0n) is 12.8. The maximum atomic E-state index is 6.38. The van der Waals surface area contributed by atoms with E-state index in [2.05, 4.69) is 22.6 Å². The van der Waals surface area contributed by atoms with Crippen molar-refractivity contribution < 1.29 is 4.74 Å². The topological polar surface area (TPSA) is 30.3 Å². The highest BCUT2D eigenvalue weighted by molar-refractivity contribution is 6.20. The number of imidazole rings is 1. The Bertz CT molecular complexity index is 638. The number of hydrogen-bond acceptors (Lipinski definition) is 3. The van der Waals surface area contributed by atoms with E-state index in [0.717, 1.165) is 29.2 Å². The van der Waals surface area contributed by atoms with Gasteiger partial charge >= 0.3 is 0 Å². The molecule has 3 rings (SSSR count). The average molecular weight is 308 g/mol. The van der Waals surface area contributed by atoms with Gasteiger partial charge in [0.1, 0.15) is 11.6 Å². The van der Waals surface area contributed by atoms with E-state index >= 15 is 0 Å². The van der Waals surface area contributed by atoms with Crippen LogP contribution in [0.3, 0.4) is 0 Å². The van der Waals surface area contributed by atoms with Crippen molar-refractivity contribution in [2.24, 2.45) is 0 Å². The number of fused-ring (bicyclic) bond motifs is 1. The lowest BCUT2D eigenvalue weighted by atomic mass is 10.1. The van der Waals surface area contributed by atoms with Gasteiger partial charge < -0.3 is 14.2 Å². The molecule has 0 radical (unpaired) electrons. The quantitative estimate of drug-likeness (QED) is 0.812. The van der Waals surface area contributed by atoms with Crippen molar-refractivity contribution in [2.45, 2.75) is 31.2 Å². The Balaban J connectivity index is 2.11. The summed E-state index contributed by atoms with van der Waals surface area (Å²) < 4.78 is 7.64. The smallest absolute Gasteiger partial charge is 0.128 e. The Morgan fingerprint density at radius 2 is 2.24 bits per heavy atom. The van der Waals surface area contributed by atoms with E-state index in [1.165, 1.54) is 19.4 Å². The lowest BCUT2D eigenvalue weighted by Crippen LogP contribution is -2.34. The molecule has 1 aliphatic rings. The van der Waals surface area contributed by atoms with Crippen LogP contribution in [0.4, 0.5) is 0 Å². The molecule has 0 amide bonds. The molecule has 0 aliphatic carbocycles. The van der Waals surface area contributed by atoms with Crippen LogP contribution >= 0.6 is 11.6 Å². The van der Waals surface area contributed by atoms with Crippen molar-refractivity contribution in [1.82, 2.24) is 14.5 Å². The lowest BCUT2D eigenvalue weighted by molar-refractivity contribution is 0.212. The number of nitrogens with zero attached hydrogens (tertiary/aromatic N) is 3. The van der Waals surface area contributed by atoms with Crippen molar-refractivity contribution in [3.05, 3.63) is 24.0 Å². The second kappa shape index (κ2) is 5.85. The molecular formula is C16H22ClN3O. The van der Waals surface area contributed by atoms with Crippen molar-refractivity contribution in [3.63, 3.8) is 0 Å². The van der Waals surface area contributed by atoms with Gasteiger partial charge in [-0.15, -0.1) is 11.6 Å². The van der Waals surface area contributed by atoms with Crippen molar-refractivity contribution >= 4 is 22.6 Å². The third kappa shape index (κ3) is 2.74. The number of rotatable bonds is 3. The molecule has 1 saturated heterocycles. The zero-order chi connectivity index (χ0) is 15.0. The highest BCUT2D eigenvalue weighted by atomic mass is 35.5. The van der Waals surface area contributed by atoms with E-state index in [1.54, 1.807) is 7.11 Å². The van der Waals surface area contributed by atoms with Crippen LogP contribution in [0.25, 0.3) is 11.0 Å². The predicted octanol–water partition coefficient (Wildman–Crippen LogP) is 3.61. The van der Waals surface area contributed by atoms with Gasteiger partial charge in [0.05, 0.1) is 23.5 Å². The summed E-state index contributed by atoms with van der Waals surface area (Å²) in [6.07, 6.45) is 2.39.